The zero-order valence-corrected chi connectivity index (χ0v) is 17.0. The van der Waals surface area contributed by atoms with Crippen LogP contribution in [0.3, 0.4) is 0 Å². The average Bonchev–Trinajstić information content (AvgIpc) is 3.27. The lowest BCUT2D eigenvalue weighted by Gasteiger charge is -2.35. The van der Waals surface area contributed by atoms with E-state index >= 15 is 0 Å². The molecule has 1 N–H and O–H groups in total. The van der Waals surface area contributed by atoms with Gasteiger partial charge in [-0.15, -0.1) is 0 Å². The summed E-state index contributed by atoms with van der Waals surface area (Å²) >= 11 is 0. The largest absolute Gasteiger partial charge is 0.342 e. The Bertz CT molecular complexity index is 1220. The predicted molar refractivity (Wildman–Crippen MR) is 116 cm³/mol. The normalized spacial score (nSPS) is 16.5. The first-order chi connectivity index (χ1) is 15.2. The monoisotopic (exact) mass is 415 g/mol. The number of aromatic amines is 1. The Hall–Kier alpha value is -3.61. The summed E-state index contributed by atoms with van der Waals surface area (Å²) < 4.78 is 13.2. The quantitative estimate of drug-likeness (QED) is 0.536. The molecule has 0 saturated carbocycles. The van der Waals surface area contributed by atoms with Crippen molar-refractivity contribution in [2.45, 2.75) is 31.7 Å². The molecule has 0 spiro atoms. The second-order valence-electron chi connectivity index (χ2n) is 7.85. The van der Waals surface area contributed by atoms with Crippen molar-refractivity contribution in [1.29, 1.82) is 0 Å². The lowest BCUT2D eigenvalue weighted by atomic mass is 9.98. The van der Waals surface area contributed by atoms with E-state index in [1.54, 1.807) is 30.6 Å². The van der Waals surface area contributed by atoms with Gasteiger partial charge in [0.1, 0.15) is 17.3 Å². The molecule has 6 nitrogen and oxygen atoms in total. The molecule has 0 aliphatic carbocycles. The molecule has 4 heterocycles. The molecule has 5 rings (SSSR count). The first-order valence-corrected chi connectivity index (χ1v) is 10.5. The van der Waals surface area contributed by atoms with Crippen molar-refractivity contribution in [2.24, 2.45) is 0 Å². The fourth-order valence-corrected chi connectivity index (χ4v) is 4.16. The number of pyridine rings is 2. The fourth-order valence-electron chi connectivity index (χ4n) is 4.16. The summed E-state index contributed by atoms with van der Waals surface area (Å²) in [6, 6.07) is 13.8. The number of carbonyl (C=O) groups excluding carboxylic acids is 1. The van der Waals surface area contributed by atoms with Gasteiger partial charge < -0.3 is 9.88 Å². The van der Waals surface area contributed by atoms with Crippen LogP contribution < -0.4 is 0 Å². The highest BCUT2D eigenvalue weighted by Crippen LogP contribution is 2.24. The van der Waals surface area contributed by atoms with Crippen LogP contribution in [0.15, 0.2) is 60.9 Å². The molecule has 7 heteroatoms. The van der Waals surface area contributed by atoms with Crippen LogP contribution in [-0.2, 0) is 6.42 Å². The van der Waals surface area contributed by atoms with E-state index < -0.39 is 0 Å². The van der Waals surface area contributed by atoms with Crippen molar-refractivity contribution < 1.29 is 9.18 Å². The third kappa shape index (κ3) is 4.03. The number of halogens is 1. The Morgan fingerprint density at radius 1 is 1.10 bits per heavy atom. The zero-order valence-electron chi connectivity index (χ0n) is 17.0. The van der Waals surface area contributed by atoms with Crippen LogP contribution >= 0.6 is 0 Å². The number of hydrogen-bond donors (Lipinski definition) is 1. The number of likely N-dealkylation sites (tertiary alicyclic amines) is 1. The van der Waals surface area contributed by atoms with Crippen LogP contribution in [0.2, 0.25) is 0 Å². The van der Waals surface area contributed by atoms with E-state index in [1.165, 1.54) is 12.1 Å². The zero-order chi connectivity index (χ0) is 21.2. The summed E-state index contributed by atoms with van der Waals surface area (Å²) in [5, 5.41) is 0.915. The molecule has 1 fully saturated rings. The van der Waals surface area contributed by atoms with Gasteiger partial charge in [0, 0.05) is 30.6 Å². The van der Waals surface area contributed by atoms with Crippen molar-refractivity contribution in [3.05, 3.63) is 78.3 Å². The van der Waals surface area contributed by atoms with E-state index in [9.17, 15) is 9.18 Å². The van der Waals surface area contributed by atoms with Crippen LogP contribution in [0.4, 0.5) is 4.39 Å². The maximum absolute atomic E-state index is 13.3. The second kappa shape index (κ2) is 8.26. The highest BCUT2D eigenvalue weighted by molar-refractivity contribution is 5.94. The van der Waals surface area contributed by atoms with Gasteiger partial charge in [-0.1, -0.05) is 0 Å². The van der Waals surface area contributed by atoms with E-state index in [0.717, 1.165) is 41.7 Å². The SMILES string of the molecule is O=C(c1ccc2cccnc2n1)N1CCCCC1Cc1ncc(-c2ccc(F)cc2)[nH]1. The number of H-pyrrole nitrogens is 1. The highest BCUT2D eigenvalue weighted by Gasteiger charge is 2.29. The molecule has 3 aromatic heterocycles. The van der Waals surface area contributed by atoms with Gasteiger partial charge in [0.2, 0.25) is 0 Å². The van der Waals surface area contributed by atoms with Crippen LogP contribution in [0, 0.1) is 5.82 Å². The summed E-state index contributed by atoms with van der Waals surface area (Å²) in [7, 11) is 0. The summed E-state index contributed by atoms with van der Waals surface area (Å²) in [5.41, 5.74) is 2.72. The molecule has 1 amide bonds. The van der Waals surface area contributed by atoms with Crippen LogP contribution in [0.25, 0.3) is 22.3 Å². The number of fused-ring (bicyclic) bond motifs is 1. The summed E-state index contributed by atoms with van der Waals surface area (Å²) in [6.45, 7) is 0.705. The van der Waals surface area contributed by atoms with Gasteiger partial charge in [-0.3, -0.25) is 4.79 Å². The topological polar surface area (TPSA) is 74.8 Å². The van der Waals surface area contributed by atoms with Gasteiger partial charge in [0.15, 0.2) is 5.65 Å². The number of benzene rings is 1. The third-order valence-corrected chi connectivity index (χ3v) is 5.78. The van der Waals surface area contributed by atoms with Crippen molar-refractivity contribution in [3.63, 3.8) is 0 Å². The third-order valence-electron chi connectivity index (χ3n) is 5.78. The van der Waals surface area contributed by atoms with Crippen LogP contribution in [-0.4, -0.2) is 43.3 Å². The first kappa shape index (κ1) is 19.4. The molecule has 1 aliphatic heterocycles. The van der Waals surface area contributed by atoms with E-state index in [2.05, 4.69) is 19.9 Å². The number of nitrogens with zero attached hydrogens (tertiary/aromatic N) is 4. The molecule has 0 bridgehead atoms. The number of rotatable bonds is 4. The molecular weight excluding hydrogens is 393 g/mol. The first-order valence-electron chi connectivity index (χ1n) is 10.5. The Balaban J connectivity index is 1.35. The number of nitrogens with one attached hydrogen (secondary N) is 1. The maximum atomic E-state index is 13.3. The summed E-state index contributed by atoms with van der Waals surface area (Å²) in [6.07, 6.45) is 7.06. The Kier molecular flexibility index (Phi) is 5.16. The standard InChI is InChI=1S/C24H22FN5O/c25-18-9-6-16(7-10-18)21-15-27-22(28-21)14-19-5-1-2-13-30(19)24(31)20-11-8-17-4-3-12-26-23(17)29-20/h3-4,6-12,15,19H,1-2,5,13-14H2,(H,27,28). The number of imidazole rings is 1. The van der Waals surface area contributed by atoms with Crippen molar-refractivity contribution >= 4 is 16.9 Å². The number of hydrogen-bond acceptors (Lipinski definition) is 4. The Labute approximate surface area is 179 Å². The van der Waals surface area contributed by atoms with Crippen molar-refractivity contribution in [2.75, 3.05) is 6.54 Å². The van der Waals surface area contributed by atoms with Gasteiger partial charge >= 0.3 is 0 Å². The number of piperidine rings is 1. The van der Waals surface area contributed by atoms with Gasteiger partial charge in [0.25, 0.3) is 5.91 Å². The minimum Gasteiger partial charge on any atom is -0.342 e. The maximum Gasteiger partial charge on any atom is 0.272 e. The summed E-state index contributed by atoms with van der Waals surface area (Å²) in [5.74, 6) is 0.483. The molecule has 156 valence electrons. The lowest BCUT2D eigenvalue weighted by molar-refractivity contribution is 0.0605. The molecule has 0 radical (unpaired) electrons. The second-order valence-corrected chi connectivity index (χ2v) is 7.85. The Morgan fingerprint density at radius 2 is 1.97 bits per heavy atom. The van der Waals surface area contributed by atoms with Crippen LogP contribution in [0.1, 0.15) is 35.6 Å². The number of aromatic nitrogens is 4. The van der Waals surface area contributed by atoms with E-state index in [0.29, 0.717) is 24.3 Å². The molecule has 1 atom stereocenters. The van der Waals surface area contributed by atoms with Crippen molar-refractivity contribution in [3.8, 4) is 11.3 Å². The van der Waals surface area contributed by atoms with Gasteiger partial charge in [-0.25, -0.2) is 19.3 Å². The van der Waals surface area contributed by atoms with Gasteiger partial charge in [-0.2, -0.15) is 0 Å². The molecule has 1 aliphatic rings. The van der Waals surface area contributed by atoms with E-state index in [4.69, 9.17) is 0 Å². The van der Waals surface area contributed by atoms with Crippen molar-refractivity contribution in [1.82, 2.24) is 24.8 Å². The van der Waals surface area contributed by atoms with E-state index in [1.807, 2.05) is 23.1 Å². The smallest absolute Gasteiger partial charge is 0.272 e. The molecule has 31 heavy (non-hydrogen) atoms. The molecular formula is C24H22FN5O. The minimum atomic E-state index is -0.266. The lowest BCUT2D eigenvalue weighted by Crippen LogP contribution is -2.45. The highest BCUT2D eigenvalue weighted by atomic mass is 19.1. The van der Waals surface area contributed by atoms with E-state index in [-0.39, 0.29) is 17.8 Å². The predicted octanol–water partition coefficient (Wildman–Crippen LogP) is 4.40. The molecule has 1 aromatic carbocycles. The summed E-state index contributed by atoms with van der Waals surface area (Å²) in [4.78, 5) is 31.8. The molecule has 4 aromatic rings. The number of carbonyl (C=O) groups is 1. The fraction of sp³-hybridized carbons (Fsp3) is 0.250. The molecule has 1 unspecified atom stereocenters. The van der Waals surface area contributed by atoms with Gasteiger partial charge in [-0.05, 0) is 73.4 Å². The number of amides is 1. The van der Waals surface area contributed by atoms with Crippen LogP contribution in [0.5, 0.6) is 0 Å². The average molecular weight is 415 g/mol. The Morgan fingerprint density at radius 3 is 2.84 bits per heavy atom. The van der Waals surface area contributed by atoms with Gasteiger partial charge in [0.05, 0.1) is 11.9 Å². The molecule has 1 saturated heterocycles. The minimum absolute atomic E-state index is 0.0506.